The smallest absolute Gasteiger partial charge is 0.231 e. The summed E-state index contributed by atoms with van der Waals surface area (Å²) < 4.78 is 11.0. The van der Waals surface area contributed by atoms with Crippen molar-refractivity contribution < 1.29 is 14.3 Å². The number of aromatic amines is 1. The van der Waals surface area contributed by atoms with E-state index in [4.69, 9.17) is 9.47 Å². The number of ether oxygens (including phenoxy) is 2. The first-order chi connectivity index (χ1) is 14.0. The standard InChI is InChI=1S/C23H27N3O3/c1-5-6-17(10-18-13(2)9-19(18)24-15(4)27)23-22(14(3)25-26-23)16-7-8-20-21(11-16)29-12-28-20/h5-8,10-11,13,18-19H,9,12H2,1-4H3,(H,24,27)(H,25,26)/b6-5-,17-10+. The fourth-order valence-corrected chi connectivity index (χ4v) is 4.26. The normalized spacial score (nSPS) is 23.3. The highest BCUT2D eigenvalue weighted by Crippen LogP contribution is 2.41. The number of carbonyl (C=O) groups is 1. The summed E-state index contributed by atoms with van der Waals surface area (Å²) in [5.74, 6) is 2.34. The first kappa shape index (κ1) is 19.3. The van der Waals surface area contributed by atoms with Crippen molar-refractivity contribution in [3.63, 3.8) is 0 Å². The van der Waals surface area contributed by atoms with Crippen molar-refractivity contribution in [2.45, 2.75) is 40.2 Å². The predicted octanol–water partition coefficient (Wildman–Crippen LogP) is 4.23. The molecule has 1 amide bonds. The molecule has 6 nitrogen and oxygen atoms in total. The minimum absolute atomic E-state index is 0.0181. The number of amides is 1. The van der Waals surface area contributed by atoms with E-state index in [0.717, 1.165) is 46.0 Å². The van der Waals surface area contributed by atoms with Gasteiger partial charge in [0.2, 0.25) is 12.7 Å². The molecule has 0 radical (unpaired) electrons. The van der Waals surface area contributed by atoms with E-state index >= 15 is 0 Å². The average Bonchev–Trinajstić information content (AvgIpc) is 3.30. The lowest BCUT2D eigenvalue weighted by Crippen LogP contribution is -2.50. The molecule has 1 fully saturated rings. The van der Waals surface area contributed by atoms with Crippen LogP contribution in [0, 0.1) is 18.8 Å². The van der Waals surface area contributed by atoms with Crippen molar-refractivity contribution in [1.82, 2.24) is 15.5 Å². The van der Waals surface area contributed by atoms with Crippen LogP contribution in [-0.4, -0.2) is 28.9 Å². The van der Waals surface area contributed by atoms with Gasteiger partial charge in [0.15, 0.2) is 11.5 Å². The Labute approximate surface area is 171 Å². The number of nitrogens with one attached hydrogen (secondary N) is 2. The third-order valence-corrected chi connectivity index (χ3v) is 5.74. The number of hydrogen-bond acceptors (Lipinski definition) is 4. The first-order valence-electron chi connectivity index (χ1n) is 10.0. The molecular formula is C23H27N3O3. The van der Waals surface area contributed by atoms with Gasteiger partial charge in [-0.15, -0.1) is 0 Å². The van der Waals surface area contributed by atoms with Gasteiger partial charge in [-0.1, -0.05) is 31.2 Å². The van der Waals surface area contributed by atoms with Gasteiger partial charge in [-0.05, 0) is 49.5 Å². The van der Waals surface area contributed by atoms with E-state index < -0.39 is 0 Å². The maximum atomic E-state index is 11.5. The van der Waals surface area contributed by atoms with Gasteiger partial charge in [0.1, 0.15) is 0 Å². The SMILES string of the molecule is C/C=C\C(=C/C1C(C)CC1NC(C)=O)c1n[nH]c(C)c1-c1ccc2c(c1)OCO2. The van der Waals surface area contributed by atoms with Crippen molar-refractivity contribution in [3.8, 4) is 22.6 Å². The van der Waals surface area contributed by atoms with Gasteiger partial charge >= 0.3 is 0 Å². The summed E-state index contributed by atoms with van der Waals surface area (Å²) in [6, 6.07) is 6.15. The van der Waals surface area contributed by atoms with E-state index in [9.17, 15) is 4.79 Å². The Kier molecular flexibility index (Phi) is 5.18. The molecule has 1 aliphatic heterocycles. The number of allylic oxidation sites excluding steroid dienone is 3. The number of carbonyl (C=O) groups excluding carboxylic acids is 1. The van der Waals surface area contributed by atoms with E-state index in [2.05, 4.69) is 34.6 Å². The Hall–Kier alpha value is -3.02. The second-order valence-corrected chi connectivity index (χ2v) is 7.86. The van der Waals surface area contributed by atoms with E-state index in [-0.39, 0.29) is 24.7 Å². The molecule has 1 aromatic carbocycles. The molecule has 0 spiro atoms. The molecular weight excluding hydrogens is 366 g/mol. The largest absolute Gasteiger partial charge is 0.454 e. The Balaban J connectivity index is 1.73. The van der Waals surface area contributed by atoms with Crippen LogP contribution < -0.4 is 14.8 Å². The Bertz CT molecular complexity index is 989. The molecule has 0 saturated heterocycles. The summed E-state index contributed by atoms with van der Waals surface area (Å²) in [7, 11) is 0. The molecule has 2 heterocycles. The molecule has 2 aromatic rings. The van der Waals surface area contributed by atoms with Crippen molar-refractivity contribution in [3.05, 3.63) is 47.8 Å². The molecule has 2 aliphatic rings. The summed E-state index contributed by atoms with van der Waals surface area (Å²) in [6.45, 7) is 8.08. The minimum atomic E-state index is 0.0181. The van der Waals surface area contributed by atoms with Gasteiger partial charge in [-0.2, -0.15) is 5.10 Å². The number of aromatic nitrogens is 2. The number of benzene rings is 1. The minimum Gasteiger partial charge on any atom is -0.454 e. The number of nitrogens with zero attached hydrogens (tertiary/aromatic N) is 1. The molecule has 152 valence electrons. The zero-order chi connectivity index (χ0) is 20.5. The van der Waals surface area contributed by atoms with Crippen LogP contribution in [0.25, 0.3) is 16.7 Å². The van der Waals surface area contributed by atoms with Crippen LogP contribution in [0.4, 0.5) is 0 Å². The zero-order valence-corrected chi connectivity index (χ0v) is 17.3. The van der Waals surface area contributed by atoms with Gasteiger partial charge in [0.25, 0.3) is 0 Å². The third-order valence-electron chi connectivity index (χ3n) is 5.74. The summed E-state index contributed by atoms with van der Waals surface area (Å²) in [5, 5.41) is 10.8. The number of aryl methyl sites for hydroxylation is 1. The molecule has 3 atom stereocenters. The molecule has 1 aromatic heterocycles. The molecule has 2 N–H and O–H groups in total. The van der Waals surface area contributed by atoms with Gasteiger partial charge in [0.05, 0.1) is 5.69 Å². The first-order valence-corrected chi connectivity index (χ1v) is 10.0. The molecule has 4 rings (SSSR count). The Morgan fingerprint density at radius 1 is 1.31 bits per heavy atom. The molecule has 1 saturated carbocycles. The van der Waals surface area contributed by atoms with Crippen LogP contribution in [-0.2, 0) is 4.79 Å². The van der Waals surface area contributed by atoms with Crippen LogP contribution in [0.2, 0.25) is 0 Å². The third kappa shape index (κ3) is 3.67. The number of H-pyrrole nitrogens is 1. The van der Waals surface area contributed by atoms with Crippen molar-refractivity contribution >= 4 is 11.5 Å². The van der Waals surface area contributed by atoms with Crippen LogP contribution in [0.1, 0.15) is 38.6 Å². The number of hydrogen-bond donors (Lipinski definition) is 2. The summed E-state index contributed by atoms with van der Waals surface area (Å²) in [5.41, 5.74) is 5.03. The van der Waals surface area contributed by atoms with Crippen LogP contribution in [0.15, 0.2) is 36.4 Å². The van der Waals surface area contributed by atoms with E-state index in [0.29, 0.717) is 5.92 Å². The molecule has 29 heavy (non-hydrogen) atoms. The van der Waals surface area contributed by atoms with E-state index in [1.165, 1.54) is 0 Å². The topological polar surface area (TPSA) is 76.2 Å². The van der Waals surface area contributed by atoms with Gasteiger partial charge in [-0.3, -0.25) is 9.89 Å². The van der Waals surface area contributed by atoms with E-state index in [1.807, 2.05) is 38.1 Å². The highest BCUT2D eigenvalue weighted by molar-refractivity contribution is 5.85. The van der Waals surface area contributed by atoms with Crippen molar-refractivity contribution in [2.75, 3.05) is 6.79 Å². The fraction of sp³-hybridized carbons (Fsp3) is 0.391. The second kappa shape index (κ2) is 7.78. The van der Waals surface area contributed by atoms with Gasteiger partial charge in [0, 0.05) is 30.1 Å². The molecule has 0 bridgehead atoms. The second-order valence-electron chi connectivity index (χ2n) is 7.86. The van der Waals surface area contributed by atoms with Gasteiger partial charge in [-0.25, -0.2) is 0 Å². The Morgan fingerprint density at radius 3 is 2.83 bits per heavy atom. The van der Waals surface area contributed by atoms with Gasteiger partial charge < -0.3 is 14.8 Å². The maximum absolute atomic E-state index is 11.5. The lowest BCUT2D eigenvalue weighted by Gasteiger charge is -2.42. The average molecular weight is 393 g/mol. The fourth-order valence-electron chi connectivity index (χ4n) is 4.26. The Morgan fingerprint density at radius 2 is 2.10 bits per heavy atom. The quantitative estimate of drug-likeness (QED) is 0.745. The highest BCUT2D eigenvalue weighted by atomic mass is 16.7. The summed E-state index contributed by atoms with van der Waals surface area (Å²) in [6.07, 6.45) is 7.36. The van der Waals surface area contributed by atoms with Crippen LogP contribution >= 0.6 is 0 Å². The van der Waals surface area contributed by atoms with Crippen molar-refractivity contribution in [1.29, 1.82) is 0 Å². The maximum Gasteiger partial charge on any atom is 0.231 e. The van der Waals surface area contributed by atoms with Crippen LogP contribution in [0.5, 0.6) is 11.5 Å². The lowest BCUT2D eigenvalue weighted by molar-refractivity contribution is -0.121. The van der Waals surface area contributed by atoms with Crippen LogP contribution in [0.3, 0.4) is 0 Å². The zero-order valence-electron chi connectivity index (χ0n) is 17.3. The number of fused-ring (bicyclic) bond motifs is 1. The lowest BCUT2D eigenvalue weighted by atomic mass is 9.69. The van der Waals surface area contributed by atoms with Crippen molar-refractivity contribution in [2.24, 2.45) is 11.8 Å². The summed E-state index contributed by atoms with van der Waals surface area (Å²) >= 11 is 0. The molecule has 3 unspecified atom stereocenters. The van der Waals surface area contributed by atoms with E-state index in [1.54, 1.807) is 6.92 Å². The molecule has 1 aliphatic carbocycles. The number of rotatable bonds is 5. The highest BCUT2D eigenvalue weighted by Gasteiger charge is 2.37. The predicted molar refractivity (Wildman–Crippen MR) is 113 cm³/mol. The monoisotopic (exact) mass is 393 g/mol. The summed E-state index contributed by atoms with van der Waals surface area (Å²) in [4.78, 5) is 11.5. The molecule has 6 heteroatoms.